The van der Waals surface area contributed by atoms with Crippen LogP contribution in [-0.2, 0) is 4.79 Å². The van der Waals surface area contributed by atoms with Gasteiger partial charge in [-0.3, -0.25) is 4.79 Å². The third kappa shape index (κ3) is 3.44. The molecule has 28 heavy (non-hydrogen) atoms. The van der Waals surface area contributed by atoms with E-state index in [-0.39, 0.29) is 40.1 Å². The van der Waals surface area contributed by atoms with Crippen LogP contribution in [0.5, 0.6) is 0 Å². The number of nitrogen functional groups attached to an aromatic ring is 1. The van der Waals surface area contributed by atoms with Crippen molar-refractivity contribution in [1.82, 2.24) is 10.3 Å². The molecule has 4 fully saturated rings. The van der Waals surface area contributed by atoms with Gasteiger partial charge in [0, 0.05) is 6.04 Å². The fourth-order valence-corrected chi connectivity index (χ4v) is 6.84. The first-order chi connectivity index (χ1) is 13.4. The van der Waals surface area contributed by atoms with Gasteiger partial charge in [-0.15, -0.1) is 0 Å². The molecule has 4 bridgehead atoms. The molecule has 1 atom stereocenters. The van der Waals surface area contributed by atoms with Gasteiger partial charge in [-0.25, -0.2) is 4.98 Å². The Morgan fingerprint density at radius 2 is 1.82 bits per heavy atom. The molecule has 0 radical (unpaired) electrons. The minimum Gasteiger partial charge on any atom is -0.383 e. The molecule has 0 aliphatic heterocycles. The van der Waals surface area contributed by atoms with Gasteiger partial charge in [-0.05, 0) is 74.7 Å². The van der Waals surface area contributed by atoms with Crippen LogP contribution in [0, 0.1) is 45.8 Å². The summed E-state index contributed by atoms with van der Waals surface area (Å²) in [5.41, 5.74) is 6.48. The quantitative estimate of drug-likeness (QED) is 0.740. The molecule has 4 aliphatic rings. The van der Waals surface area contributed by atoms with Crippen molar-refractivity contribution in [1.29, 1.82) is 10.5 Å². The molecule has 1 aromatic heterocycles. The number of pyridine rings is 1. The van der Waals surface area contributed by atoms with Crippen molar-refractivity contribution in [3.8, 4) is 12.1 Å². The van der Waals surface area contributed by atoms with Gasteiger partial charge in [0.05, 0.1) is 16.9 Å². The number of amides is 1. The van der Waals surface area contributed by atoms with Gasteiger partial charge in [-0.1, -0.05) is 11.8 Å². The van der Waals surface area contributed by atoms with Crippen molar-refractivity contribution in [3.63, 3.8) is 0 Å². The average molecular weight is 396 g/mol. The Kier molecular flexibility index (Phi) is 4.97. The lowest BCUT2D eigenvalue weighted by Gasteiger charge is -2.59. The molecule has 1 aromatic rings. The van der Waals surface area contributed by atoms with E-state index in [1.54, 1.807) is 0 Å². The molecular formula is C21H25N5OS. The zero-order valence-corrected chi connectivity index (χ0v) is 16.9. The van der Waals surface area contributed by atoms with Gasteiger partial charge < -0.3 is 11.1 Å². The van der Waals surface area contributed by atoms with Crippen molar-refractivity contribution in [2.75, 3.05) is 11.5 Å². The van der Waals surface area contributed by atoms with Crippen molar-refractivity contribution in [3.05, 3.63) is 17.2 Å². The van der Waals surface area contributed by atoms with E-state index in [9.17, 15) is 10.1 Å². The van der Waals surface area contributed by atoms with Crippen molar-refractivity contribution >= 4 is 23.5 Å². The summed E-state index contributed by atoms with van der Waals surface area (Å²) in [6.45, 7) is 2.16. The van der Waals surface area contributed by atoms with Gasteiger partial charge in [0.2, 0.25) is 5.91 Å². The second-order valence-corrected chi connectivity index (χ2v) is 9.82. The van der Waals surface area contributed by atoms with E-state index < -0.39 is 0 Å². The summed E-state index contributed by atoms with van der Waals surface area (Å²) in [5.74, 6) is 2.79. The van der Waals surface area contributed by atoms with Crippen molar-refractivity contribution < 1.29 is 4.79 Å². The number of aromatic nitrogens is 1. The summed E-state index contributed by atoms with van der Waals surface area (Å²) in [5, 5.41) is 21.9. The number of nitrogens with one attached hydrogen (secondary N) is 1. The van der Waals surface area contributed by atoms with Gasteiger partial charge in [0.25, 0.3) is 0 Å². The molecule has 4 aliphatic carbocycles. The van der Waals surface area contributed by atoms with Crippen LogP contribution in [0.25, 0.3) is 0 Å². The van der Waals surface area contributed by atoms with Crippen molar-refractivity contribution in [2.45, 2.75) is 56.5 Å². The topological polar surface area (TPSA) is 116 Å². The lowest BCUT2D eigenvalue weighted by atomic mass is 9.48. The lowest BCUT2D eigenvalue weighted by Crippen LogP contribution is -2.56. The van der Waals surface area contributed by atoms with Crippen LogP contribution in [0.4, 0.5) is 5.82 Å². The SMILES string of the molecule is C[C@@H](NC(=O)CSc1nc(N)c(C#N)cc1C#N)C12CC3CC(CC(C3)C1)C2. The Labute approximate surface area is 169 Å². The first-order valence-electron chi connectivity index (χ1n) is 9.95. The van der Waals surface area contributed by atoms with Crippen LogP contribution in [0.1, 0.15) is 56.6 Å². The first kappa shape index (κ1) is 19.1. The smallest absolute Gasteiger partial charge is 0.230 e. The minimum absolute atomic E-state index is 0.0399. The highest BCUT2D eigenvalue weighted by molar-refractivity contribution is 8.00. The third-order valence-corrected chi connectivity index (χ3v) is 7.97. The number of rotatable bonds is 5. The molecule has 0 unspecified atom stereocenters. The molecule has 3 N–H and O–H groups in total. The molecule has 0 spiro atoms. The predicted octanol–water partition coefficient (Wildman–Crippen LogP) is 3.22. The van der Waals surface area contributed by atoms with Crippen molar-refractivity contribution in [2.24, 2.45) is 23.2 Å². The molecule has 6 nitrogen and oxygen atoms in total. The van der Waals surface area contributed by atoms with Crippen LogP contribution in [0.3, 0.4) is 0 Å². The first-order valence-corrected chi connectivity index (χ1v) is 10.9. The molecule has 4 saturated carbocycles. The van der Waals surface area contributed by atoms with Crippen LogP contribution in [0.15, 0.2) is 11.1 Å². The number of nitriles is 2. The number of hydrogen-bond acceptors (Lipinski definition) is 6. The van der Waals surface area contributed by atoms with E-state index in [0.29, 0.717) is 5.03 Å². The maximum Gasteiger partial charge on any atom is 0.230 e. The second-order valence-electron chi connectivity index (χ2n) is 8.86. The van der Waals surface area contributed by atoms with Gasteiger partial charge >= 0.3 is 0 Å². The standard InChI is InChI=1S/C21H25N5OS/c1-12(21-6-13-2-14(7-21)4-15(3-13)8-21)25-18(27)11-28-20-17(10-23)5-16(9-22)19(24)26-20/h5,12-15H,2-4,6-8,11H2,1H3,(H2,24,26)(H,25,27)/t12-,13?,14?,15?,21?/m1/s1. The number of carbonyl (C=O) groups excluding carboxylic acids is 1. The number of hydrogen-bond donors (Lipinski definition) is 2. The highest BCUT2D eigenvalue weighted by Gasteiger charge is 2.53. The Balaban J connectivity index is 1.38. The Morgan fingerprint density at radius 3 is 2.36 bits per heavy atom. The summed E-state index contributed by atoms with van der Waals surface area (Å²) in [6.07, 6.45) is 7.91. The summed E-state index contributed by atoms with van der Waals surface area (Å²) >= 11 is 1.20. The normalized spacial score (nSPS) is 31.0. The maximum absolute atomic E-state index is 12.6. The average Bonchev–Trinajstić information content (AvgIpc) is 2.65. The minimum atomic E-state index is -0.0399. The monoisotopic (exact) mass is 395 g/mol. The largest absolute Gasteiger partial charge is 0.383 e. The Morgan fingerprint density at radius 1 is 1.25 bits per heavy atom. The summed E-state index contributed by atoms with van der Waals surface area (Å²) in [4.78, 5) is 16.7. The molecule has 1 amide bonds. The van der Waals surface area contributed by atoms with Crippen LogP contribution >= 0.6 is 11.8 Å². The molecular weight excluding hydrogens is 370 g/mol. The summed E-state index contributed by atoms with van der Waals surface area (Å²) in [6, 6.07) is 5.55. The fourth-order valence-electron chi connectivity index (χ4n) is 6.07. The van der Waals surface area contributed by atoms with E-state index in [0.717, 1.165) is 17.8 Å². The zero-order valence-electron chi connectivity index (χ0n) is 16.1. The van der Waals surface area contributed by atoms with E-state index in [1.165, 1.54) is 56.4 Å². The van der Waals surface area contributed by atoms with Crippen LogP contribution in [0.2, 0.25) is 0 Å². The second kappa shape index (κ2) is 7.29. The maximum atomic E-state index is 12.6. The molecule has 0 saturated heterocycles. The molecule has 5 rings (SSSR count). The van der Waals surface area contributed by atoms with Gasteiger partial charge in [0.1, 0.15) is 23.0 Å². The van der Waals surface area contributed by atoms with E-state index in [1.807, 2.05) is 12.1 Å². The number of nitrogens with zero attached hydrogens (tertiary/aromatic N) is 3. The summed E-state index contributed by atoms with van der Waals surface area (Å²) < 4.78 is 0. The Hall–Kier alpha value is -2.25. The van der Waals surface area contributed by atoms with Gasteiger partial charge in [0.15, 0.2) is 0 Å². The summed E-state index contributed by atoms with van der Waals surface area (Å²) in [7, 11) is 0. The highest BCUT2D eigenvalue weighted by Crippen LogP contribution is 2.61. The molecule has 7 heteroatoms. The number of nitrogens with two attached hydrogens (primary N) is 1. The number of anilines is 1. The molecule has 146 valence electrons. The van der Waals surface area contributed by atoms with Gasteiger partial charge in [-0.2, -0.15) is 10.5 Å². The third-order valence-electron chi connectivity index (χ3n) is 6.98. The van der Waals surface area contributed by atoms with E-state index >= 15 is 0 Å². The highest BCUT2D eigenvalue weighted by atomic mass is 32.2. The van der Waals surface area contributed by atoms with Crippen LogP contribution < -0.4 is 11.1 Å². The van der Waals surface area contributed by atoms with Crippen LogP contribution in [-0.4, -0.2) is 22.7 Å². The van der Waals surface area contributed by atoms with E-state index in [4.69, 9.17) is 11.0 Å². The fraction of sp³-hybridized carbons (Fsp3) is 0.619. The Bertz CT molecular complexity index is 849. The zero-order chi connectivity index (χ0) is 19.9. The number of thioether (sulfide) groups is 1. The van der Waals surface area contributed by atoms with E-state index in [2.05, 4.69) is 17.2 Å². The lowest BCUT2D eigenvalue weighted by molar-refractivity contribution is -0.123. The predicted molar refractivity (Wildman–Crippen MR) is 107 cm³/mol. The number of carbonyl (C=O) groups is 1. The molecule has 0 aromatic carbocycles. The molecule has 1 heterocycles.